The predicted octanol–water partition coefficient (Wildman–Crippen LogP) is 2.91. The fourth-order valence-corrected chi connectivity index (χ4v) is 3.66. The maximum absolute atomic E-state index is 10.4. The van der Waals surface area contributed by atoms with Crippen molar-refractivity contribution in [2.75, 3.05) is 0 Å². The SMILES string of the molecule is CC1(C)OC2(C)C(O)CC1CC2OCc1ccccc1. The molecule has 1 N–H and O–H groups in total. The van der Waals surface area contributed by atoms with Crippen LogP contribution in [0.15, 0.2) is 30.3 Å². The molecule has 0 spiro atoms. The molecule has 2 heterocycles. The third kappa shape index (κ3) is 2.28. The summed E-state index contributed by atoms with van der Waals surface area (Å²) in [5.41, 5.74) is 0.402. The fourth-order valence-electron chi connectivity index (χ4n) is 3.66. The molecule has 3 nitrogen and oxygen atoms in total. The highest BCUT2D eigenvalue weighted by atomic mass is 16.6. The molecular weight excluding hydrogens is 252 g/mol. The number of aliphatic hydroxyl groups excluding tert-OH is 1. The van der Waals surface area contributed by atoms with Crippen LogP contribution >= 0.6 is 0 Å². The van der Waals surface area contributed by atoms with Crippen molar-refractivity contribution in [3.05, 3.63) is 35.9 Å². The zero-order valence-electron chi connectivity index (χ0n) is 12.5. The van der Waals surface area contributed by atoms with Crippen molar-refractivity contribution in [1.82, 2.24) is 0 Å². The second-order valence-corrected chi connectivity index (χ2v) is 6.86. The van der Waals surface area contributed by atoms with E-state index in [0.717, 1.165) is 18.4 Å². The second-order valence-electron chi connectivity index (χ2n) is 6.86. The van der Waals surface area contributed by atoms with Gasteiger partial charge in [0.2, 0.25) is 0 Å². The first-order chi connectivity index (χ1) is 9.42. The minimum atomic E-state index is -0.590. The zero-order valence-corrected chi connectivity index (χ0v) is 12.5. The predicted molar refractivity (Wildman–Crippen MR) is 77.3 cm³/mol. The van der Waals surface area contributed by atoms with Gasteiger partial charge in [-0.05, 0) is 45.1 Å². The van der Waals surface area contributed by atoms with Gasteiger partial charge in [-0.1, -0.05) is 30.3 Å². The first kappa shape index (κ1) is 14.1. The molecule has 1 aromatic carbocycles. The molecule has 2 aliphatic heterocycles. The van der Waals surface area contributed by atoms with Crippen molar-refractivity contribution in [3.63, 3.8) is 0 Å². The first-order valence-electron chi connectivity index (χ1n) is 7.45. The van der Waals surface area contributed by atoms with Crippen molar-refractivity contribution < 1.29 is 14.6 Å². The smallest absolute Gasteiger partial charge is 0.118 e. The van der Waals surface area contributed by atoms with Gasteiger partial charge in [-0.25, -0.2) is 0 Å². The van der Waals surface area contributed by atoms with E-state index in [4.69, 9.17) is 9.47 Å². The third-order valence-electron chi connectivity index (χ3n) is 5.07. The summed E-state index contributed by atoms with van der Waals surface area (Å²) in [5, 5.41) is 10.4. The molecule has 2 saturated heterocycles. The van der Waals surface area contributed by atoms with Gasteiger partial charge in [-0.15, -0.1) is 0 Å². The number of benzene rings is 1. The van der Waals surface area contributed by atoms with E-state index in [0.29, 0.717) is 12.5 Å². The Labute approximate surface area is 120 Å². The first-order valence-corrected chi connectivity index (χ1v) is 7.45. The molecule has 2 bridgehead atoms. The highest BCUT2D eigenvalue weighted by Crippen LogP contribution is 2.50. The average Bonchev–Trinajstić information content (AvgIpc) is 2.39. The molecule has 20 heavy (non-hydrogen) atoms. The molecule has 1 aliphatic carbocycles. The van der Waals surface area contributed by atoms with Gasteiger partial charge in [-0.3, -0.25) is 0 Å². The minimum absolute atomic E-state index is 0.0375. The van der Waals surface area contributed by atoms with E-state index in [1.54, 1.807) is 0 Å². The van der Waals surface area contributed by atoms with E-state index in [1.807, 2.05) is 25.1 Å². The maximum Gasteiger partial charge on any atom is 0.118 e. The van der Waals surface area contributed by atoms with E-state index in [9.17, 15) is 5.11 Å². The van der Waals surface area contributed by atoms with Crippen LogP contribution in [-0.4, -0.2) is 28.5 Å². The van der Waals surface area contributed by atoms with Gasteiger partial charge in [0.15, 0.2) is 0 Å². The standard InChI is InChI=1S/C17H24O3/c1-16(2)13-9-14(18)17(3,20-16)15(10-13)19-11-12-7-5-4-6-8-12/h4-8,13-15,18H,9-11H2,1-3H3. The van der Waals surface area contributed by atoms with Gasteiger partial charge in [0.1, 0.15) is 5.60 Å². The molecular formula is C17H24O3. The number of ether oxygens (including phenoxy) is 2. The lowest BCUT2D eigenvalue weighted by Crippen LogP contribution is -2.68. The van der Waals surface area contributed by atoms with E-state index >= 15 is 0 Å². The van der Waals surface area contributed by atoms with Gasteiger partial charge >= 0.3 is 0 Å². The number of rotatable bonds is 3. The van der Waals surface area contributed by atoms with Gasteiger partial charge in [0.05, 0.1) is 24.4 Å². The summed E-state index contributed by atoms with van der Waals surface area (Å²) in [6.07, 6.45) is 1.31. The van der Waals surface area contributed by atoms with E-state index in [1.165, 1.54) is 0 Å². The van der Waals surface area contributed by atoms with Crippen molar-refractivity contribution in [2.24, 2.45) is 5.92 Å². The number of hydrogen-bond acceptors (Lipinski definition) is 3. The van der Waals surface area contributed by atoms with Gasteiger partial charge in [0.25, 0.3) is 0 Å². The molecule has 110 valence electrons. The molecule has 1 saturated carbocycles. The van der Waals surface area contributed by atoms with E-state index < -0.39 is 11.7 Å². The zero-order chi connectivity index (χ0) is 14.4. The highest BCUT2D eigenvalue weighted by molar-refractivity contribution is 5.14. The molecule has 0 amide bonds. The lowest BCUT2D eigenvalue weighted by Gasteiger charge is -2.59. The Balaban J connectivity index is 1.72. The van der Waals surface area contributed by atoms with Crippen LogP contribution in [0.4, 0.5) is 0 Å². The fraction of sp³-hybridized carbons (Fsp3) is 0.647. The Hall–Kier alpha value is -0.900. The Morgan fingerprint density at radius 3 is 2.60 bits per heavy atom. The van der Waals surface area contributed by atoms with Crippen LogP contribution in [0.1, 0.15) is 39.2 Å². The monoisotopic (exact) mass is 276 g/mol. The lowest BCUT2D eigenvalue weighted by atomic mass is 9.65. The quantitative estimate of drug-likeness (QED) is 0.922. The number of hydrogen-bond donors (Lipinski definition) is 1. The molecule has 4 atom stereocenters. The van der Waals surface area contributed by atoms with E-state index in [2.05, 4.69) is 26.0 Å². The number of fused-ring (bicyclic) bond motifs is 3. The third-order valence-corrected chi connectivity index (χ3v) is 5.07. The number of aliphatic hydroxyl groups is 1. The molecule has 4 rings (SSSR count). The Bertz CT molecular complexity index is 470. The van der Waals surface area contributed by atoms with Crippen LogP contribution < -0.4 is 0 Å². The molecule has 3 aliphatic rings. The molecule has 4 unspecified atom stereocenters. The van der Waals surface area contributed by atoms with Gasteiger partial charge in [0, 0.05) is 0 Å². The maximum atomic E-state index is 10.4. The normalized spacial score (nSPS) is 38.9. The van der Waals surface area contributed by atoms with Crippen molar-refractivity contribution in [2.45, 2.75) is 63.6 Å². The Morgan fingerprint density at radius 1 is 1.20 bits per heavy atom. The van der Waals surface area contributed by atoms with Crippen molar-refractivity contribution in [3.8, 4) is 0 Å². The topological polar surface area (TPSA) is 38.7 Å². The van der Waals surface area contributed by atoms with Crippen LogP contribution in [0, 0.1) is 5.92 Å². The second kappa shape index (κ2) is 4.83. The summed E-state index contributed by atoms with van der Waals surface area (Å²) < 4.78 is 12.3. The van der Waals surface area contributed by atoms with Crippen LogP contribution in [0.2, 0.25) is 0 Å². The minimum Gasteiger partial charge on any atom is -0.390 e. The molecule has 3 fully saturated rings. The van der Waals surface area contributed by atoms with Crippen molar-refractivity contribution in [1.29, 1.82) is 0 Å². The summed E-state index contributed by atoms with van der Waals surface area (Å²) in [5.74, 6) is 0.361. The summed E-state index contributed by atoms with van der Waals surface area (Å²) >= 11 is 0. The van der Waals surface area contributed by atoms with Gasteiger partial charge < -0.3 is 14.6 Å². The summed E-state index contributed by atoms with van der Waals surface area (Å²) in [6, 6.07) is 10.2. The highest BCUT2D eigenvalue weighted by Gasteiger charge is 2.59. The van der Waals surface area contributed by atoms with Crippen molar-refractivity contribution >= 4 is 0 Å². The van der Waals surface area contributed by atoms with Crippen LogP contribution in [0.3, 0.4) is 0 Å². The molecule has 0 radical (unpaired) electrons. The molecule has 3 heteroatoms. The molecule has 1 aromatic rings. The lowest BCUT2D eigenvalue weighted by molar-refractivity contribution is -0.320. The average molecular weight is 276 g/mol. The Kier molecular flexibility index (Phi) is 3.39. The van der Waals surface area contributed by atoms with Gasteiger partial charge in [-0.2, -0.15) is 0 Å². The summed E-state index contributed by atoms with van der Waals surface area (Å²) in [6.45, 7) is 6.80. The van der Waals surface area contributed by atoms with Crippen LogP contribution in [-0.2, 0) is 16.1 Å². The Morgan fingerprint density at radius 2 is 1.90 bits per heavy atom. The summed E-state index contributed by atoms with van der Waals surface area (Å²) in [7, 11) is 0. The largest absolute Gasteiger partial charge is 0.390 e. The van der Waals surface area contributed by atoms with E-state index in [-0.39, 0.29) is 11.7 Å². The van der Waals surface area contributed by atoms with Crippen LogP contribution in [0.5, 0.6) is 0 Å². The summed E-state index contributed by atoms with van der Waals surface area (Å²) in [4.78, 5) is 0. The molecule has 0 aromatic heterocycles. The van der Waals surface area contributed by atoms with Crippen LogP contribution in [0.25, 0.3) is 0 Å².